The summed E-state index contributed by atoms with van der Waals surface area (Å²) in [6.45, 7) is 6.27. The number of hydrogen-bond acceptors (Lipinski definition) is 4. The van der Waals surface area contributed by atoms with Crippen LogP contribution in [0.5, 0.6) is 0 Å². The van der Waals surface area contributed by atoms with Crippen molar-refractivity contribution in [2.75, 3.05) is 13.1 Å². The van der Waals surface area contributed by atoms with E-state index in [-0.39, 0.29) is 12.3 Å². The average Bonchev–Trinajstić information content (AvgIpc) is 2.92. The van der Waals surface area contributed by atoms with Gasteiger partial charge in [0.25, 0.3) is 0 Å². The van der Waals surface area contributed by atoms with E-state index in [0.29, 0.717) is 13.1 Å². The molecule has 5 heteroatoms. The molecule has 2 rings (SSSR count). The van der Waals surface area contributed by atoms with Gasteiger partial charge < -0.3 is 10.0 Å². The second-order valence-corrected chi connectivity index (χ2v) is 7.23. The number of carbonyl (C=O) groups is 1. The van der Waals surface area contributed by atoms with Crippen molar-refractivity contribution in [3.8, 4) is 0 Å². The van der Waals surface area contributed by atoms with E-state index in [9.17, 15) is 9.90 Å². The molecule has 0 atom stereocenters. The average molecular weight is 332 g/mol. The second kappa shape index (κ2) is 7.70. The number of amides is 1. The molecule has 1 aromatic heterocycles. The molecule has 0 bridgehead atoms. The van der Waals surface area contributed by atoms with E-state index >= 15 is 0 Å². The minimum Gasteiger partial charge on any atom is -0.389 e. The Morgan fingerprint density at radius 3 is 2.61 bits per heavy atom. The van der Waals surface area contributed by atoms with Gasteiger partial charge in [0.1, 0.15) is 0 Å². The summed E-state index contributed by atoms with van der Waals surface area (Å²) in [6.07, 6.45) is 1.08. The third kappa shape index (κ3) is 5.77. The Kier molecular flexibility index (Phi) is 5.91. The number of benzene rings is 1. The number of hydrogen-bond donors (Lipinski definition) is 1. The quantitative estimate of drug-likeness (QED) is 0.848. The normalized spacial score (nSPS) is 11.5. The van der Waals surface area contributed by atoms with Crippen molar-refractivity contribution >= 4 is 17.2 Å². The first-order valence-electron chi connectivity index (χ1n) is 7.85. The van der Waals surface area contributed by atoms with E-state index in [2.05, 4.69) is 17.1 Å². The summed E-state index contributed by atoms with van der Waals surface area (Å²) in [5.41, 5.74) is 1.14. The van der Waals surface area contributed by atoms with Crippen molar-refractivity contribution in [1.82, 2.24) is 9.88 Å². The van der Waals surface area contributed by atoms with Crippen LogP contribution in [0.25, 0.3) is 0 Å². The summed E-state index contributed by atoms with van der Waals surface area (Å²) < 4.78 is 0. The standard InChI is InChI=1S/C18H24N2O2S/c1-4-20(13-18(2,3)22)17(21)11-15-12-23-16(19-15)10-14-8-6-5-7-9-14/h5-9,12,22H,4,10-11,13H2,1-3H3. The van der Waals surface area contributed by atoms with Gasteiger partial charge in [-0.15, -0.1) is 11.3 Å². The van der Waals surface area contributed by atoms with Crippen LogP contribution in [0, 0.1) is 0 Å². The van der Waals surface area contributed by atoms with E-state index in [4.69, 9.17) is 0 Å². The molecule has 0 unspecified atom stereocenters. The Morgan fingerprint density at radius 1 is 1.30 bits per heavy atom. The van der Waals surface area contributed by atoms with Crippen molar-refractivity contribution < 1.29 is 9.90 Å². The molecule has 1 amide bonds. The topological polar surface area (TPSA) is 53.4 Å². The van der Waals surface area contributed by atoms with E-state index in [1.807, 2.05) is 30.5 Å². The molecule has 1 N–H and O–H groups in total. The third-order valence-corrected chi connectivity index (χ3v) is 4.34. The molecule has 4 nitrogen and oxygen atoms in total. The molecule has 1 heterocycles. The van der Waals surface area contributed by atoms with Crippen LogP contribution in [0.15, 0.2) is 35.7 Å². The van der Waals surface area contributed by atoms with Crippen LogP contribution >= 0.6 is 11.3 Å². The van der Waals surface area contributed by atoms with Gasteiger partial charge in [0.2, 0.25) is 5.91 Å². The summed E-state index contributed by atoms with van der Waals surface area (Å²) in [7, 11) is 0. The van der Waals surface area contributed by atoms with Crippen molar-refractivity contribution in [3.63, 3.8) is 0 Å². The monoisotopic (exact) mass is 332 g/mol. The number of rotatable bonds is 7. The van der Waals surface area contributed by atoms with Gasteiger partial charge >= 0.3 is 0 Å². The third-order valence-electron chi connectivity index (χ3n) is 3.44. The van der Waals surface area contributed by atoms with Crippen molar-refractivity contribution in [1.29, 1.82) is 0 Å². The van der Waals surface area contributed by atoms with Gasteiger partial charge in [0.15, 0.2) is 0 Å². The van der Waals surface area contributed by atoms with Gasteiger partial charge in [-0.2, -0.15) is 0 Å². The van der Waals surface area contributed by atoms with Crippen LogP contribution in [0.4, 0.5) is 0 Å². The summed E-state index contributed by atoms with van der Waals surface area (Å²) >= 11 is 1.59. The SMILES string of the molecule is CCN(CC(C)(C)O)C(=O)Cc1csc(Cc2ccccc2)n1. The lowest BCUT2D eigenvalue weighted by molar-refractivity contribution is -0.133. The number of likely N-dealkylation sites (N-methyl/N-ethyl adjacent to an activating group) is 1. The molecule has 23 heavy (non-hydrogen) atoms. The summed E-state index contributed by atoms with van der Waals surface area (Å²) in [5, 5.41) is 12.9. The summed E-state index contributed by atoms with van der Waals surface area (Å²) in [5.74, 6) is 0.00573. The molecule has 0 aliphatic rings. The van der Waals surface area contributed by atoms with Gasteiger partial charge in [-0.25, -0.2) is 4.98 Å². The maximum absolute atomic E-state index is 12.4. The van der Waals surface area contributed by atoms with Gasteiger partial charge in [0, 0.05) is 24.9 Å². The van der Waals surface area contributed by atoms with E-state index in [1.165, 1.54) is 5.56 Å². The minimum atomic E-state index is -0.883. The zero-order valence-corrected chi connectivity index (χ0v) is 14.8. The first-order chi connectivity index (χ1) is 10.9. The molecule has 124 valence electrons. The largest absolute Gasteiger partial charge is 0.389 e. The molecule has 0 spiro atoms. The predicted molar refractivity (Wildman–Crippen MR) is 93.6 cm³/mol. The molecule has 0 saturated carbocycles. The zero-order chi connectivity index (χ0) is 16.9. The number of nitrogens with zero attached hydrogens (tertiary/aromatic N) is 2. The fourth-order valence-corrected chi connectivity index (χ4v) is 3.22. The minimum absolute atomic E-state index is 0.00573. The lowest BCUT2D eigenvalue weighted by atomic mass is 10.1. The molecular formula is C18H24N2O2S. The van der Waals surface area contributed by atoms with Crippen LogP contribution in [0.3, 0.4) is 0 Å². The van der Waals surface area contributed by atoms with Crippen LogP contribution in [-0.4, -0.2) is 39.6 Å². The molecule has 0 aliphatic carbocycles. The predicted octanol–water partition coefficient (Wildman–Crippen LogP) is 2.90. The maximum atomic E-state index is 12.4. The highest BCUT2D eigenvalue weighted by Gasteiger charge is 2.21. The molecule has 0 radical (unpaired) electrons. The second-order valence-electron chi connectivity index (χ2n) is 6.29. The highest BCUT2D eigenvalue weighted by molar-refractivity contribution is 7.09. The highest BCUT2D eigenvalue weighted by atomic mass is 32.1. The van der Waals surface area contributed by atoms with Gasteiger partial charge in [0.05, 0.1) is 22.7 Å². The molecule has 2 aromatic rings. The lowest BCUT2D eigenvalue weighted by Crippen LogP contribution is -2.42. The smallest absolute Gasteiger partial charge is 0.228 e. The Labute approximate surface area is 141 Å². The Balaban J connectivity index is 1.96. The lowest BCUT2D eigenvalue weighted by Gasteiger charge is -2.28. The van der Waals surface area contributed by atoms with Crippen molar-refractivity contribution in [2.24, 2.45) is 0 Å². The van der Waals surface area contributed by atoms with Gasteiger partial charge in [-0.05, 0) is 26.3 Å². The van der Waals surface area contributed by atoms with Crippen LogP contribution in [0.1, 0.15) is 37.0 Å². The fraction of sp³-hybridized carbons (Fsp3) is 0.444. The first kappa shape index (κ1) is 17.6. The van der Waals surface area contributed by atoms with Crippen LogP contribution in [0.2, 0.25) is 0 Å². The van der Waals surface area contributed by atoms with Gasteiger partial charge in [-0.1, -0.05) is 30.3 Å². The van der Waals surface area contributed by atoms with Crippen LogP contribution < -0.4 is 0 Å². The zero-order valence-electron chi connectivity index (χ0n) is 14.0. The Bertz CT molecular complexity index is 632. The molecule has 1 aromatic carbocycles. The van der Waals surface area contributed by atoms with Crippen molar-refractivity contribution in [2.45, 2.75) is 39.2 Å². The van der Waals surface area contributed by atoms with E-state index in [1.54, 1.807) is 30.1 Å². The molecule has 0 saturated heterocycles. The highest BCUT2D eigenvalue weighted by Crippen LogP contribution is 2.16. The first-order valence-corrected chi connectivity index (χ1v) is 8.72. The number of aromatic nitrogens is 1. The van der Waals surface area contributed by atoms with Crippen molar-refractivity contribution in [3.05, 3.63) is 52.0 Å². The summed E-state index contributed by atoms with van der Waals surface area (Å²) in [6, 6.07) is 10.2. The Hall–Kier alpha value is -1.72. The number of aliphatic hydroxyl groups is 1. The van der Waals surface area contributed by atoms with E-state index < -0.39 is 5.60 Å². The number of thiazole rings is 1. The fourth-order valence-electron chi connectivity index (χ4n) is 2.39. The molecule has 0 aliphatic heterocycles. The maximum Gasteiger partial charge on any atom is 0.228 e. The van der Waals surface area contributed by atoms with Gasteiger partial charge in [-0.3, -0.25) is 4.79 Å². The molecule has 0 fully saturated rings. The summed E-state index contributed by atoms with van der Waals surface area (Å²) in [4.78, 5) is 18.6. The van der Waals surface area contributed by atoms with Crippen LogP contribution in [-0.2, 0) is 17.6 Å². The number of carbonyl (C=O) groups excluding carboxylic acids is 1. The van der Waals surface area contributed by atoms with E-state index in [0.717, 1.165) is 17.1 Å². The Morgan fingerprint density at radius 2 is 2.00 bits per heavy atom. The molecular weight excluding hydrogens is 308 g/mol.